The number of carbonyl (C=O) groups is 1. The predicted octanol–water partition coefficient (Wildman–Crippen LogP) is 1.89. The fraction of sp³-hybridized carbons (Fsp3) is 0.600. The van der Waals surface area contributed by atoms with E-state index in [0.29, 0.717) is 0 Å². The van der Waals surface area contributed by atoms with Gasteiger partial charge in [0.25, 0.3) is 0 Å². The summed E-state index contributed by atoms with van der Waals surface area (Å²) < 4.78 is 0. The molecule has 0 unspecified atom stereocenters. The molecule has 0 aromatic carbocycles. The third-order valence-electron chi connectivity index (χ3n) is 4.38. The number of pyridine rings is 1. The smallest absolute Gasteiger partial charge is 0.244 e. The average Bonchev–Trinajstić information content (AvgIpc) is 2.46. The first-order valence-corrected chi connectivity index (χ1v) is 7.49. The lowest BCUT2D eigenvalue weighted by Crippen LogP contribution is -2.56. The van der Waals surface area contributed by atoms with E-state index >= 15 is 0 Å². The van der Waals surface area contributed by atoms with Gasteiger partial charge in [-0.05, 0) is 50.7 Å². The van der Waals surface area contributed by atoms with Crippen molar-refractivity contribution < 1.29 is 4.79 Å². The number of piperidine rings is 1. The molecule has 3 rings (SSSR count). The molecule has 108 valence electrons. The van der Waals surface area contributed by atoms with Gasteiger partial charge in [-0.1, -0.05) is 0 Å². The molecule has 0 bridgehead atoms. The summed E-state index contributed by atoms with van der Waals surface area (Å²) in [6.07, 6.45) is 8.09. The zero-order chi connectivity index (χ0) is 14.0. The van der Waals surface area contributed by atoms with Gasteiger partial charge in [0.05, 0.1) is 17.4 Å². The van der Waals surface area contributed by atoms with Crippen LogP contribution in [-0.2, 0) is 4.79 Å². The molecule has 1 amide bonds. The van der Waals surface area contributed by atoms with Crippen molar-refractivity contribution >= 4 is 17.4 Å². The Bertz CT molecular complexity index is 475. The number of nitrogens with two attached hydrogens (primary N) is 1. The van der Waals surface area contributed by atoms with Crippen molar-refractivity contribution in [3.63, 3.8) is 0 Å². The zero-order valence-corrected chi connectivity index (χ0v) is 11.8. The second kappa shape index (κ2) is 5.40. The van der Waals surface area contributed by atoms with Gasteiger partial charge in [0.2, 0.25) is 5.91 Å². The third-order valence-corrected chi connectivity index (χ3v) is 4.38. The zero-order valence-electron chi connectivity index (χ0n) is 11.8. The largest absolute Gasteiger partial charge is 0.357 e. The normalized spacial score (nSPS) is 21.1. The van der Waals surface area contributed by atoms with Crippen molar-refractivity contribution in [2.24, 2.45) is 5.73 Å². The fourth-order valence-electron chi connectivity index (χ4n) is 2.81. The van der Waals surface area contributed by atoms with E-state index in [1.54, 1.807) is 6.20 Å². The molecule has 3 N–H and O–H groups in total. The van der Waals surface area contributed by atoms with Gasteiger partial charge in [-0.2, -0.15) is 0 Å². The first-order chi connectivity index (χ1) is 9.67. The topological polar surface area (TPSA) is 71.2 Å². The van der Waals surface area contributed by atoms with E-state index in [1.165, 1.54) is 19.3 Å². The quantitative estimate of drug-likeness (QED) is 0.883. The lowest BCUT2D eigenvalue weighted by atomic mass is 9.77. The number of hydrogen-bond acceptors (Lipinski definition) is 4. The summed E-state index contributed by atoms with van der Waals surface area (Å²) >= 11 is 0. The first kappa shape index (κ1) is 13.4. The second-order valence-electron chi connectivity index (χ2n) is 5.92. The molecule has 1 saturated heterocycles. The summed E-state index contributed by atoms with van der Waals surface area (Å²) in [6, 6.07) is 3.89. The number of aromatic nitrogens is 1. The lowest BCUT2D eigenvalue weighted by molar-refractivity contribution is -0.123. The Morgan fingerprint density at radius 1 is 1.20 bits per heavy atom. The summed E-state index contributed by atoms with van der Waals surface area (Å²) in [5.41, 5.74) is 6.07. The van der Waals surface area contributed by atoms with Crippen molar-refractivity contribution in [3.05, 3.63) is 18.3 Å². The molecule has 1 aromatic heterocycles. The Hall–Kier alpha value is -1.62. The van der Waals surface area contributed by atoms with E-state index in [2.05, 4.69) is 15.2 Å². The first-order valence-electron chi connectivity index (χ1n) is 7.49. The van der Waals surface area contributed by atoms with Crippen LogP contribution in [0.4, 0.5) is 11.5 Å². The van der Waals surface area contributed by atoms with Gasteiger partial charge in [0, 0.05) is 13.1 Å². The molecular formula is C15H22N4O. The van der Waals surface area contributed by atoms with Crippen molar-refractivity contribution in [1.82, 2.24) is 4.98 Å². The minimum absolute atomic E-state index is 0.0868. The summed E-state index contributed by atoms with van der Waals surface area (Å²) in [5, 5.41) is 2.87. The molecule has 1 aromatic rings. The highest BCUT2D eigenvalue weighted by Crippen LogP contribution is 2.30. The molecule has 2 fully saturated rings. The molecule has 0 spiro atoms. The molecule has 20 heavy (non-hydrogen) atoms. The SMILES string of the molecule is NC1(C(=O)Nc2ccc(N3CCCCC3)nc2)CCC1. The van der Waals surface area contributed by atoms with Crippen molar-refractivity contribution in [1.29, 1.82) is 0 Å². The summed E-state index contributed by atoms with van der Waals surface area (Å²) in [4.78, 5) is 18.8. The summed E-state index contributed by atoms with van der Waals surface area (Å²) in [7, 11) is 0. The van der Waals surface area contributed by atoms with Gasteiger partial charge in [-0.3, -0.25) is 4.79 Å². The van der Waals surface area contributed by atoms with E-state index in [0.717, 1.165) is 43.9 Å². The van der Waals surface area contributed by atoms with Gasteiger partial charge in [-0.15, -0.1) is 0 Å². The van der Waals surface area contributed by atoms with E-state index in [9.17, 15) is 4.79 Å². The number of hydrogen-bond donors (Lipinski definition) is 2. The van der Waals surface area contributed by atoms with Gasteiger partial charge in [0.1, 0.15) is 5.82 Å². The Kier molecular flexibility index (Phi) is 3.61. The molecule has 1 aliphatic carbocycles. The minimum atomic E-state index is -0.661. The molecule has 0 atom stereocenters. The van der Waals surface area contributed by atoms with E-state index in [-0.39, 0.29) is 5.91 Å². The monoisotopic (exact) mass is 274 g/mol. The minimum Gasteiger partial charge on any atom is -0.357 e. The number of nitrogens with one attached hydrogen (secondary N) is 1. The standard InChI is InChI=1S/C15H22N4O/c16-15(7-4-8-15)14(20)18-12-5-6-13(17-11-12)19-9-2-1-3-10-19/h5-6,11H,1-4,7-10,16H2,(H,18,20). The number of amides is 1. The Morgan fingerprint density at radius 2 is 1.95 bits per heavy atom. The Labute approximate surface area is 119 Å². The molecule has 1 aliphatic heterocycles. The van der Waals surface area contributed by atoms with Crippen LogP contribution >= 0.6 is 0 Å². The van der Waals surface area contributed by atoms with Crippen molar-refractivity contribution in [2.45, 2.75) is 44.1 Å². The number of rotatable bonds is 3. The van der Waals surface area contributed by atoms with E-state index in [4.69, 9.17) is 5.73 Å². The third kappa shape index (κ3) is 2.63. The van der Waals surface area contributed by atoms with E-state index < -0.39 is 5.54 Å². The molecular weight excluding hydrogens is 252 g/mol. The van der Waals surface area contributed by atoms with E-state index in [1.807, 2.05) is 12.1 Å². The Morgan fingerprint density at radius 3 is 2.50 bits per heavy atom. The Balaban J connectivity index is 1.62. The van der Waals surface area contributed by atoms with Gasteiger partial charge >= 0.3 is 0 Å². The maximum atomic E-state index is 12.0. The second-order valence-corrected chi connectivity index (χ2v) is 5.92. The van der Waals surface area contributed by atoms with Crippen LogP contribution in [0, 0.1) is 0 Å². The summed E-state index contributed by atoms with van der Waals surface area (Å²) in [6.45, 7) is 2.15. The van der Waals surface area contributed by atoms with Crippen LogP contribution in [0.25, 0.3) is 0 Å². The number of carbonyl (C=O) groups excluding carboxylic acids is 1. The number of anilines is 2. The van der Waals surface area contributed by atoms with Crippen LogP contribution in [0.5, 0.6) is 0 Å². The van der Waals surface area contributed by atoms with Crippen molar-refractivity contribution in [3.8, 4) is 0 Å². The average molecular weight is 274 g/mol. The van der Waals surface area contributed by atoms with Gasteiger partial charge < -0.3 is 16.0 Å². The fourth-order valence-corrected chi connectivity index (χ4v) is 2.81. The van der Waals surface area contributed by atoms with Crippen LogP contribution in [0.2, 0.25) is 0 Å². The van der Waals surface area contributed by atoms with Crippen LogP contribution in [0.15, 0.2) is 18.3 Å². The van der Waals surface area contributed by atoms with Gasteiger partial charge in [-0.25, -0.2) is 4.98 Å². The highest BCUT2D eigenvalue weighted by Gasteiger charge is 2.40. The number of nitrogens with zero attached hydrogens (tertiary/aromatic N) is 2. The maximum absolute atomic E-state index is 12.0. The molecule has 2 aliphatic rings. The lowest BCUT2D eigenvalue weighted by Gasteiger charge is -2.36. The molecule has 2 heterocycles. The van der Waals surface area contributed by atoms with Crippen LogP contribution in [0.1, 0.15) is 38.5 Å². The van der Waals surface area contributed by atoms with Crippen molar-refractivity contribution in [2.75, 3.05) is 23.3 Å². The highest BCUT2D eigenvalue weighted by molar-refractivity contribution is 5.98. The highest BCUT2D eigenvalue weighted by atomic mass is 16.2. The van der Waals surface area contributed by atoms with Crippen LogP contribution in [0.3, 0.4) is 0 Å². The predicted molar refractivity (Wildman–Crippen MR) is 79.7 cm³/mol. The van der Waals surface area contributed by atoms with Crippen LogP contribution in [-0.4, -0.2) is 29.5 Å². The van der Waals surface area contributed by atoms with Gasteiger partial charge in [0.15, 0.2) is 0 Å². The van der Waals surface area contributed by atoms with Crippen LogP contribution < -0.4 is 16.0 Å². The molecule has 1 saturated carbocycles. The molecule has 0 radical (unpaired) electrons. The summed E-state index contributed by atoms with van der Waals surface area (Å²) in [5.74, 6) is 0.907. The maximum Gasteiger partial charge on any atom is 0.244 e. The molecule has 5 nitrogen and oxygen atoms in total. The molecule has 5 heteroatoms.